The van der Waals surface area contributed by atoms with Crippen LogP contribution in [-0.2, 0) is 11.3 Å². The van der Waals surface area contributed by atoms with Gasteiger partial charge in [-0.05, 0) is 31.5 Å². The van der Waals surface area contributed by atoms with Crippen LogP contribution in [0, 0.1) is 6.92 Å². The SMILES string of the molecule is Cc1cccc(CO[C@@H]2CSC3(C2)CN(C(=O)c2ccoc2)C3)n1. The largest absolute Gasteiger partial charge is 0.472 e. The maximum atomic E-state index is 12.3. The lowest BCUT2D eigenvalue weighted by atomic mass is 9.92. The molecule has 2 aromatic rings. The summed E-state index contributed by atoms with van der Waals surface area (Å²) < 4.78 is 11.2. The van der Waals surface area contributed by atoms with Gasteiger partial charge in [-0.1, -0.05) is 6.07 Å². The summed E-state index contributed by atoms with van der Waals surface area (Å²) in [4.78, 5) is 18.6. The highest BCUT2D eigenvalue weighted by Gasteiger charge is 2.51. The Morgan fingerprint density at radius 3 is 3.08 bits per heavy atom. The Balaban J connectivity index is 1.28. The first-order valence-electron chi connectivity index (χ1n) is 8.13. The van der Waals surface area contributed by atoms with Crippen molar-refractivity contribution in [2.75, 3.05) is 18.8 Å². The highest BCUT2D eigenvalue weighted by atomic mass is 32.2. The van der Waals surface area contributed by atoms with Crippen LogP contribution in [0.5, 0.6) is 0 Å². The Morgan fingerprint density at radius 1 is 1.46 bits per heavy atom. The molecule has 0 unspecified atom stereocenters. The minimum atomic E-state index is 0.0586. The molecule has 0 radical (unpaired) electrons. The number of nitrogens with zero attached hydrogens (tertiary/aromatic N) is 2. The summed E-state index contributed by atoms with van der Waals surface area (Å²) in [7, 11) is 0. The van der Waals surface area contributed by atoms with Gasteiger partial charge in [0.1, 0.15) is 6.26 Å². The molecule has 4 rings (SSSR count). The van der Waals surface area contributed by atoms with E-state index < -0.39 is 0 Å². The number of rotatable bonds is 4. The number of amides is 1. The van der Waals surface area contributed by atoms with Gasteiger partial charge in [0.25, 0.3) is 5.91 Å². The third-order valence-corrected chi connectivity index (χ3v) is 6.18. The van der Waals surface area contributed by atoms with E-state index in [1.165, 1.54) is 12.5 Å². The molecule has 0 aromatic carbocycles. The number of furan rings is 1. The molecular formula is C18H20N2O3S. The first-order chi connectivity index (χ1) is 11.6. The number of carbonyl (C=O) groups excluding carboxylic acids is 1. The van der Waals surface area contributed by atoms with E-state index in [-0.39, 0.29) is 16.8 Å². The average Bonchev–Trinajstić information content (AvgIpc) is 3.21. The second kappa shape index (κ2) is 6.26. The molecule has 1 amide bonds. The monoisotopic (exact) mass is 344 g/mol. The number of likely N-dealkylation sites (tertiary alicyclic amines) is 1. The molecule has 0 N–H and O–H groups in total. The molecule has 2 fully saturated rings. The van der Waals surface area contributed by atoms with E-state index in [1.807, 2.05) is 41.8 Å². The zero-order chi connectivity index (χ0) is 16.6. The smallest absolute Gasteiger partial charge is 0.257 e. The minimum absolute atomic E-state index is 0.0586. The number of hydrogen-bond acceptors (Lipinski definition) is 5. The van der Waals surface area contributed by atoms with Gasteiger partial charge in [-0.25, -0.2) is 0 Å². The van der Waals surface area contributed by atoms with Crippen LogP contribution < -0.4 is 0 Å². The predicted molar refractivity (Wildman–Crippen MR) is 92.0 cm³/mol. The molecule has 1 spiro atoms. The van der Waals surface area contributed by atoms with Crippen LogP contribution in [0.25, 0.3) is 0 Å². The summed E-state index contributed by atoms with van der Waals surface area (Å²) >= 11 is 1.93. The highest BCUT2D eigenvalue weighted by molar-refractivity contribution is 8.01. The summed E-state index contributed by atoms with van der Waals surface area (Å²) in [5, 5.41) is 0. The van der Waals surface area contributed by atoms with Crippen LogP contribution in [0.15, 0.2) is 41.2 Å². The molecule has 2 aliphatic rings. The summed E-state index contributed by atoms with van der Waals surface area (Å²) in [5.41, 5.74) is 2.62. The van der Waals surface area contributed by atoms with Crippen LogP contribution in [0.4, 0.5) is 0 Å². The maximum absolute atomic E-state index is 12.3. The number of pyridine rings is 1. The van der Waals surface area contributed by atoms with Crippen LogP contribution in [0.2, 0.25) is 0 Å². The van der Waals surface area contributed by atoms with Gasteiger partial charge >= 0.3 is 0 Å². The maximum Gasteiger partial charge on any atom is 0.257 e. The highest BCUT2D eigenvalue weighted by Crippen LogP contribution is 2.46. The fraction of sp³-hybridized carbons (Fsp3) is 0.444. The molecule has 0 bridgehead atoms. The lowest BCUT2D eigenvalue weighted by Gasteiger charge is -2.47. The molecule has 4 heterocycles. The summed E-state index contributed by atoms with van der Waals surface area (Å²) in [6, 6.07) is 7.72. The number of aromatic nitrogens is 1. The molecule has 24 heavy (non-hydrogen) atoms. The lowest BCUT2D eigenvalue weighted by molar-refractivity contribution is 0.0244. The van der Waals surface area contributed by atoms with E-state index in [1.54, 1.807) is 6.07 Å². The van der Waals surface area contributed by atoms with E-state index in [2.05, 4.69) is 4.98 Å². The zero-order valence-corrected chi connectivity index (χ0v) is 14.4. The van der Waals surface area contributed by atoms with Gasteiger partial charge in [-0.3, -0.25) is 9.78 Å². The van der Waals surface area contributed by atoms with E-state index in [0.29, 0.717) is 12.2 Å². The normalized spacial score (nSPS) is 21.9. The fourth-order valence-corrected chi connectivity index (χ4v) is 4.93. The number of ether oxygens (including phenoxy) is 1. The number of carbonyl (C=O) groups is 1. The van der Waals surface area contributed by atoms with Crippen molar-refractivity contribution >= 4 is 17.7 Å². The quantitative estimate of drug-likeness (QED) is 0.854. The van der Waals surface area contributed by atoms with E-state index in [0.717, 1.165) is 36.7 Å². The molecule has 1 atom stereocenters. The van der Waals surface area contributed by atoms with Crippen LogP contribution in [0.1, 0.15) is 28.2 Å². The lowest BCUT2D eigenvalue weighted by Crippen LogP contribution is -2.60. The summed E-state index contributed by atoms with van der Waals surface area (Å²) in [6.45, 7) is 4.14. The van der Waals surface area contributed by atoms with Crippen molar-refractivity contribution in [1.82, 2.24) is 9.88 Å². The minimum Gasteiger partial charge on any atom is -0.472 e. The first kappa shape index (κ1) is 15.7. The molecule has 2 aliphatic heterocycles. The molecule has 6 heteroatoms. The Bertz CT molecular complexity index is 726. The van der Waals surface area contributed by atoms with Crippen LogP contribution in [-0.4, -0.2) is 45.5 Å². The van der Waals surface area contributed by atoms with Crippen LogP contribution in [0.3, 0.4) is 0 Å². The van der Waals surface area contributed by atoms with Crippen molar-refractivity contribution in [2.24, 2.45) is 0 Å². The van der Waals surface area contributed by atoms with E-state index in [4.69, 9.17) is 9.15 Å². The molecule has 126 valence electrons. The molecule has 2 saturated heterocycles. The van der Waals surface area contributed by atoms with Crippen molar-refractivity contribution < 1.29 is 13.9 Å². The van der Waals surface area contributed by atoms with Gasteiger partial charge in [0.2, 0.25) is 0 Å². The van der Waals surface area contributed by atoms with Gasteiger partial charge in [0.15, 0.2) is 0 Å². The predicted octanol–water partition coefficient (Wildman–Crippen LogP) is 2.90. The molecule has 2 aromatic heterocycles. The summed E-state index contributed by atoms with van der Waals surface area (Å²) in [6.07, 6.45) is 4.29. The van der Waals surface area contributed by atoms with Crippen molar-refractivity contribution in [2.45, 2.75) is 30.8 Å². The Labute approximate surface area is 145 Å². The van der Waals surface area contributed by atoms with Crippen molar-refractivity contribution in [1.29, 1.82) is 0 Å². The molecule has 5 nitrogen and oxygen atoms in total. The van der Waals surface area contributed by atoms with Crippen molar-refractivity contribution in [3.05, 3.63) is 53.7 Å². The molecule has 0 saturated carbocycles. The zero-order valence-electron chi connectivity index (χ0n) is 13.6. The number of hydrogen-bond donors (Lipinski definition) is 0. The van der Waals surface area contributed by atoms with Crippen molar-refractivity contribution in [3.63, 3.8) is 0 Å². The van der Waals surface area contributed by atoms with Crippen molar-refractivity contribution in [3.8, 4) is 0 Å². The third kappa shape index (κ3) is 3.08. The van der Waals surface area contributed by atoms with Gasteiger partial charge in [0, 0.05) is 24.5 Å². The van der Waals surface area contributed by atoms with Gasteiger partial charge < -0.3 is 14.1 Å². The third-order valence-electron chi connectivity index (χ3n) is 4.60. The fourth-order valence-electron chi connectivity index (χ4n) is 3.37. The Kier molecular flexibility index (Phi) is 4.10. The second-order valence-corrected chi connectivity index (χ2v) is 8.06. The standard InChI is InChI=1S/C18H20N2O3S/c1-13-3-2-4-15(19-13)9-23-16-7-18(24-10-16)11-20(12-18)17(21)14-5-6-22-8-14/h2-6,8,16H,7,9-12H2,1H3/t16-/m0/s1. The number of thioether (sulfide) groups is 1. The summed E-state index contributed by atoms with van der Waals surface area (Å²) in [5.74, 6) is 1.04. The van der Waals surface area contributed by atoms with Gasteiger partial charge in [-0.2, -0.15) is 0 Å². The molecular weight excluding hydrogens is 324 g/mol. The van der Waals surface area contributed by atoms with Gasteiger partial charge in [-0.15, -0.1) is 11.8 Å². The first-order valence-corrected chi connectivity index (χ1v) is 9.12. The van der Waals surface area contributed by atoms with E-state index in [9.17, 15) is 4.79 Å². The van der Waals surface area contributed by atoms with Crippen LogP contribution >= 0.6 is 11.8 Å². The Morgan fingerprint density at radius 2 is 2.33 bits per heavy atom. The number of aryl methyl sites for hydroxylation is 1. The topological polar surface area (TPSA) is 55.6 Å². The van der Waals surface area contributed by atoms with Gasteiger partial charge in [0.05, 0.1) is 35.0 Å². The molecule has 0 aliphatic carbocycles. The Hall–Kier alpha value is -1.79. The average molecular weight is 344 g/mol. The second-order valence-electron chi connectivity index (χ2n) is 6.57. The van der Waals surface area contributed by atoms with E-state index >= 15 is 0 Å².